The summed E-state index contributed by atoms with van der Waals surface area (Å²) >= 11 is 6.04. The number of benzene rings is 2. The Labute approximate surface area is 154 Å². The van der Waals surface area contributed by atoms with Gasteiger partial charge in [-0.25, -0.2) is 9.37 Å². The van der Waals surface area contributed by atoms with Crippen molar-refractivity contribution in [3.63, 3.8) is 0 Å². The number of methoxy groups -OCH3 is 1. The van der Waals surface area contributed by atoms with Crippen LogP contribution in [0.25, 0.3) is 0 Å². The molecule has 1 aromatic heterocycles. The Morgan fingerprint density at radius 3 is 2.54 bits per heavy atom. The third kappa shape index (κ3) is 4.29. The van der Waals surface area contributed by atoms with E-state index in [4.69, 9.17) is 16.3 Å². The van der Waals surface area contributed by atoms with Gasteiger partial charge in [0.05, 0.1) is 24.0 Å². The van der Waals surface area contributed by atoms with E-state index < -0.39 is 0 Å². The highest BCUT2D eigenvalue weighted by Gasteiger charge is 2.09. The molecule has 0 aliphatic carbocycles. The first-order valence-corrected chi connectivity index (χ1v) is 8.06. The summed E-state index contributed by atoms with van der Waals surface area (Å²) in [7, 11) is 1.52. The normalized spacial score (nSPS) is 10.3. The number of amides is 1. The monoisotopic (exact) mass is 371 g/mol. The highest BCUT2D eigenvalue weighted by Crippen LogP contribution is 2.27. The standard InChI is InChI=1S/C19H15ClFN3O2/c1-26-18-8-6-14(10-16(18)20)24-19(25)17-7-5-15(11-22-17)23-13-4-2-3-12(21)9-13/h2-11,23H,1H3,(H,24,25). The fraction of sp³-hybridized carbons (Fsp3) is 0.0526. The summed E-state index contributed by atoms with van der Waals surface area (Å²) in [5.41, 5.74) is 2.00. The maximum atomic E-state index is 13.2. The molecule has 0 aliphatic rings. The summed E-state index contributed by atoms with van der Waals surface area (Å²) in [6.07, 6.45) is 1.50. The Kier molecular flexibility index (Phi) is 5.34. The third-order valence-corrected chi connectivity index (χ3v) is 3.81. The van der Waals surface area contributed by atoms with E-state index in [1.807, 2.05) is 0 Å². The number of nitrogens with one attached hydrogen (secondary N) is 2. The van der Waals surface area contributed by atoms with Crippen LogP contribution in [-0.4, -0.2) is 18.0 Å². The second kappa shape index (κ2) is 7.84. The lowest BCUT2D eigenvalue weighted by atomic mass is 10.2. The van der Waals surface area contributed by atoms with Gasteiger partial charge in [-0.15, -0.1) is 0 Å². The topological polar surface area (TPSA) is 63.2 Å². The largest absolute Gasteiger partial charge is 0.495 e. The van der Waals surface area contributed by atoms with Crippen molar-refractivity contribution in [3.05, 3.63) is 77.3 Å². The molecule has 132 valence electrons. The van der Waals surface area contributed by atoms with E-state index in [-0.39, 0.29) is 17.4 Å². The molecule has 1 heterocycles. The van der Waals surface area contributed by atoms with Crippen molar-refractivity contribution in [1.29, 1.82) is 0 Å². The van der Waals surface area contributed by atoms with Gasteiger partial charge >= 0.3 is 0 Å². The summed E-state index contributed by atoms with van der Waals surface area (Å²) in [5.74, 6) is -0.184. The number of ether oxygens (including phenoxy) is 1. The van der Waals surface area contributed by atoms with E-state index in [2.05, 4.69) is 15.6 Å². The van der Waals surface area contributed by atoms with Crippen LogP contribution in [0, 0.1) is 5.82 Å². The number of carbonyl (C=O) groups excluding carboxylic acids is 1. The molecule has 0 aliphatic heterocycles. The summed E-state index contributed by atoms with van der Waals surface area (Å²) in [6.45, 7) is 0. The van der Waals surface area contributed by atoms with Gasteiger partial charge in [0, 0.05) is 11.4 Å². The number of halogens is 2. The molecule has 0 saturated carbocycles. The fourth-order valence-corrected chi connectivity index (χ4v) is 2.53. The molecule has 3 aromatic rings. The molecule has 26 heavy (non-hydrogen) atoms. The Morgan fingerprint density at radius 2 is 1.88 bits per heavy atom. The molecule has 0 fully saturated rings. The molecule has 0 saturated heterocycles. The molecule has 5 nitrogen and oxygen atoms in total. The van der Waals surface area contributed by atoms with Gasteiger partial charge in [-0.1, -0.05) is 17.7 Å². The van der Waals surface area contributed by atoms with Crippen molar-refractivity contribution in [3.8, 4) is 5.75 Å². The van der Waals surface area contributed by atoms with Crippen LogP contribution in [0.2, 0.25) is 5.02 Å². The third-order valence-electron chi connectivity index (χ3n) is 3.52. The van der Waals surface area contributed by atoms with Crippen LogP contribution in [0.5, 0.6) is 5.75 Å². The lowest BCUT2D eigenvalue weighted by molar-refractivity contribution is 0.102. The molecule has 0 bridgehead atoms. The summed E-state index contributed by atoms with van der Waals surface area (Å²) in [5, 5.41) is 6.13. The highest BCUT2D eigenvalue weighted by molar-refractivity contribution is 6.32. The average Bonchev–Trinajstić information content (AvgIpc) is 2.62. The number of aromatic nitrogens is 1. The van der Waals surface area contributed by atoms with E-state index in [0.29, 0.717) is 27.8 Å². The van der Waals surface area contributed by atoms with E-state index in [1.54, 1.807) is 42.5 Å². The fourth-order valence-electron chi connectivity index (χ4n) is 2.27. The zero-order valence-corrected chi connectivity index (χ0v) is 14.5. The molecule has 3 rings (SSSR count). The van der Waals surface area contributed by atoms with Gasteiger partial charge in [0.2, 0.25) is 0 Å². The Hall–Kier alpha value is -3.12. The minimum absolute atomic E-state index is 0.238. The maximum absolute atomic E-state index is 13.2. The number of carbonyl (C=O) groups is 1. The van der Waals surface area contributed by atoms with Crippen LogP contribution in [0.4, 0.5) is 21.5 Å². The number of hydrogen-bond acceptors (Lipinski definition) is 4. The van der Waals surface area contributed by atoms with Gasteiger partial charge in [0.1, 0.15) is 17.3 Å². The van der Waals surface area contributed by atoms with Crippen LogP contribution in [0.15, 0.2) is 60.8 Å². The summed E-state index contributed by atoms with van der Waals surface area (Å²) < 4.78 is 18.3. The van der Waals surface area contributed by atoms with Crippen molar-refractivity contribution in [1.82, 2.24) is 4.98 Å². The Bertz CT molecular complexity index is 932. The minimum Gasteiger partial charge on any atom is -0.495 e. The lowest BCUT2D eigenvalue weighted by Gasteiger charge is -2.09. The molecule has 2 N–H and O–H groups in total. The molecular formula is C19H15ClFN3O2. The van der Waals surface area contributed by atoms with Gasteiger partial charge in [-0.3, -0.25) is 4.79 Å². The second-order valence-electron chi connectivity index (χ2n) is 5.37. The highest BCUT2D eigenvalue weighted by atomic mass is 35.5. The van der Waals surface area contributed by atoms with E-state index >= 15 is 0 Å². The van der Waals surface area contributed by atoms with Gasteiger partial charge in [0.25, 0.3) is 5.91 Å². The van der Waals surface area contributed by atoms with Crippen molar-refractivity contribution in [2.45, 2.75) is 0 Å². The van der Waals surface area contributed by atoms with Crippen LogP contribution >= 0.6 is 11.6 Å². The smallest absolute Gasteiger partial charge is 0.274 e. The predicted molar refractivity (Wildman–Crippen MR) is 99.9 cm³/mol. The molecule has 0 atom stereocenters. The van der Waals surface area contributed by atoms with Crippen LogP contribution in [0.1, 0.15) is 10.5 Å². The number of pyridine rings is 1. The molecule has 7 heteroatoms. The van der Waals surface area contributed by atoms with Gasteiger partial charge < -0.3 is 15.4 Å². The zero-order chi connectivity index (χ0) is 18.5. The lowest BCUT2D eigenvalue weighted by Crippen LogP contribution is -2.13. The van der Waals surface area contributed by atoms with Gasteiger partial charge in [-0.05, 0) is 48.5 Å². The first kappa shape index (κ1) is 17.7. The van der Waals surface area contributed by atoms with Crippen molar-refractivity contribution in [2.24, 2.45) is 0 Å². The summed E-state index contributed by atoms with van der Waals surface area (Å²) in [6, 6.07) is 14.3. The SMILES string of the molecule is COc1ccc(NC(=O)c2ccc(Nc3cccc(F)c3)cn2)cc1Cl. The first-order valence-electron chi connectivity index (χ1n) is 7.69. The molecule has 0 unspecified atom stereocenters. The minimum atomic E-state index is -0.372. The zero-order valence-electron chi connectivity index (χ0n) is 13.8. The van der Waals surface area contributed by atoms with Gasteiger partial charge in [-0.2, -0.15) is 0 Å². The maximum Gasteiger partial charge on any atom is 0.274 e. The Balaban J connectivity index is 1.68. The van der Waals surface area contributed by atoms with E-state index in [1.165, 1.54) is 25.4 Å². The number of anilines is 3. The molecule has 2 aromatic carbocycles. The second-order valence-corrected chi connectivity index (χ2v) is 5.78. The predicted octanol–water partition coefficient (Wildman–Crippen LogP) is 4.88. The van der Waals surface area contributed by atoms with Crippen molar-refractivity contribution >= 4 is 34.6 Å². The van der Waals surface area contributed by atoms with Crippen molar-refractivity contribution in [2.75, 3.05) is 17.7 Å². The molecule has 0 radical (unpaired) electrons. The van der Waals surface area contributed by atoms with Crippen LogP contribution in [0.3, 0.4) is 0 Å². The number of rotatable bonds is 5. The Morgan fingerprint density at radius 1 is 1.08 bits per heavy atom. The molecular weight excluding hydrogens is 357 g/mol. The van der Waals surface area contributed by atoms with Crippen LogP contribution in [-0.2, 0) is 0 Å². The van der Waals surface area contributed by atoms with Crippen molar-refractivity contribution < 1.29 is 13.9 Å². The molecule has 0 spiro atoms. The summed E-state index contributed by atoms with van der Waals surface area (Å²) in [4.78, 5) is 16.4. The quantitative estimate of drug-likeness (QED) is 0.671. The van der Waals surface area contributed by atoms with E-state index in [9.17, 15) is 9.18 Å². The van der Waals surface area contributed by atoms with E-state index in [0.717, 1.165) is 0 Å². The number of nitrogens with zero attached hydrogens (tertiary/aromatic N) is 1. The first-order chi connectivity index (χ1) is 12.5. The van der Waals surface area contributed by atoms with Crippen LogP contribution < -0.4 is 15.4 Å². The van der Waals surface area contributed by atoms with Gasteiger partial charge in [0.15, 0.2) is 0 Å². The number of hydrogen-bond donors (Lipinski definition) is 2. The average molecular weight is 372 g/mol. The molecule has 1 amide bonds.